The molecule has 3 heteroatoms. The Bertz CT molecular complexity index is 344. The molecule has 0 aliphatic carbocycles. The van der Waals surface area contributed by atoms with Gasteiger partial charge in [0.25, 0.3) is 0 Å². The first kappa shape index (κ1) is 10.8. The molecule has 0 saturated carbocycles. The summed E-state index contributed by atoms with van der Waals surface area (Å²) in [5.74, 6) is 5.89. The van der Waals surface area contributed by atoms with Gasteiger partial charge >= 0.3 is 0 Å². The van der Waals surface area contributed by atoms with Gasteiger partial charge in [-0.2, -0.15) is 5.10 Å². The minimum absolute atomic E-state index is 0.120. The minimum atomic E-state index is 0.120. The van der Waals surface area contributed by atoms with E-state index in [0.29, 0.717) is 6.42 Å². The average Bonchev–Trinajstić information content (AvgIpc) is 2.51. The highest BCUT2D eigenvalue weighted by Gasteiger charge is 2.01. The fraction of sp³-hybridized carbons (Fsp3) is 0.545. The summed E-state index contributed by atoms with van der Waals surface area (Å²) in [4.78, 5) is 0. The highest BCUT2D eigenvalue weighted by Crippen LogP contribution is 2.05. The van der Waals surface area contributed by atoms with E-state index in [2.05, 4.69) is 23.9 Å². The Morgan fingerprint density at radius 2 is 2.36 bits per heavy atom. The van der Waals surface area contributed by atoms with Crippen molar-refractivity contribution in [3.05, 3.63) is 17.5 Å². The first-order valence-electron chi connectivity index (χ1n) is 4.91. The zero-order valence-corrected chi connectivity index (χ0v) is 8.75. The molecule has 1 rings (SSSR count). The van der Waals surface area contributed by atoms with Gasteiger partial charge < -0.3 is 5.11 Å². The van der Waals surface area contributed by atoms with Crippen molar-refractivity contribution >= 4 is 0 Å². The second-order valence-corrected chi connectivity index (χ2v) is 3.14. The molecular formula is C11H16N2O. The molecule has 76 valence electrons. The highest BCUT2D eigenvalue weighted by molar-refractivity contribution is 5.35. The smallest absolute Gasteiger partial charge is 0.0654 e. The van der Waals surface area contributed by atoms with Gasteiger partial charge in [0.1, 0.15) is 0 Å². The molecule has 1 aromatic heterocycles. The summed E-state index contributed by atoms with van der Waals surface area (Å²) < 4.78 is 1.96. The predicted molar refractivity (Wildman–Crippen MR) is 55.8 cm³/mol. The van der Waals surface area contributed by atoms with Crippen molar-refractivity contribution in [2.75, 3.05) is 6.61 Å². The third kappa shape index (κ3) is 2.61. The quantitative estimate of drug-likeness (QED) is 0.734. The maximum absolute atomic E-state index is 8.58. The van der Waals surface area contributed by atoms with Crippen LogP contribution in [0.5, 0.6) is 0 Å². The summed E-state index contributed by atoms with van der Waals surface area (Å²) in [7, 11) is 0. The number of hydrogen-bond acceptors (Lipinski definition) is 2. The fourth-order valence-electron chi connectivity index (χ4n) is 1.22. The molecule has 1 heterocycles. The molecule has 0 amide bonds. The molecule has 0 aromatic carbocycles. The van der Waals surface area contributed by atoms with E-state index >= 15 is 0 Å². The molecular weight excluding hydrogens is 176 g/mol. The molecule has 0 bridgehead atoms. The van der Waals surface area contributed by atoms with Crippen LogP contribution in [0.1, 0.15) is 31.0 Å². The van der Waals surface area contributed by atoms with E-state index in [1.165, 1.54) is 0 Å². The van der Waals surface area contributed by atoms with Crippen molar-refractivity contribution in [3.8, 4) is 11.8 Å². The van der Waals surface area contributed by atoms with Crippen LogP contribution in [-0.2, 0) is 6.54 Å². The van der Waals surface area contributed by atoms with Gasteiger partial charge in [-0.15, -0.1) is 0 Å². The molecule has 0 spiro atoms. The number of hydrogen-bond donors (Lipinski definition) is 1. The van der Waals surface area contributed by atoms with Crippen LogP contribution in [-0.4, -0.2) is 21.5 Å². The highest BCUT2D eigenvalue weighted by atomic mass is 16.2. The largest absolute Gasteiger partial charge is 0.395 e. The van der Waals surface area contributed by atoms with Gasteiger partial charge in [-0.1, -0.05) is 18.8 Å². The van der Waals surface area contributed by atoms with Crippen LogP contribution < -0.4 is 0 Å². The number of aliphatic hydroxyl groups excluding tert-OH is 1. The van der Waals surface area contributed by atoms with Crippen LogP contribution in [0, 0.1) is 18.8 Å². The molecule has 0 saturated heterocycles. The zero-order valence-electron chi connectivity index (χ0n) is 8.75. The standard InChI is InChI=1S/C11H16N2O/c1-3-7-13-10(2)11(9-12-13)6-4-5-8-14/h9,14H,3,5,7-8H2,1-2H3. The Morgan fingerprint density at radius 3 is 3.00 bits per heavy atom. The first-order chi connectivity index (χ1) is 6.79. The van der Waals surface area contributed by atoms with Gasteiger partial charge in [-0.25, -0.2) is 0 Å². The maximum atomic E-state index is 8.58. The topological polar surface area (TPSA) is 38.0 Å². The van der Waals surface area contributed by atoms with E-state index in [9.17, 15) is 0 Å². The Hall–Kier alpha value is -1.27. The average molecular weight is 192 g/mol. The summed E-state index contributed by atoms with van der Waals surface area (Å²) in [5.41, 5.74) is 2.07. The Labute approximate surface area is 84.8 Å². The van der Waals surface area contributed by atoms with E-state index in [1.807, 2.05) is 11.6 Å². The maximum Gasteiger partial charge on any atom is 0.0654 e. The number of aromatic nitrogens is 2. The second-order valence-electron chi connectivity index (χ2n) is 3.14. The first-order valence-corrected chi connectivity index (χ1v) is 4.91. The van der Waals surface area contributed by atoms with Crippen LogP contribution in [0.3, 0.4) is 0 Å². The summed E-state index contributed by atoms with van der Waals surface area (Å²) in [6.45, 7) is 5.20. The molecule has 0 radical (unpaired) electrons. The number of aliphatic hydroxyl groups is 1. The summed E-state index contributed by atoms with van der Waals surface area (Å²) in [5, 5.41) is 12.8. The zero-order chi connectivity index (χ0) is 10.4. The van der Waals surface area contributed by atoms with Gasteiger partial charge in [0.15, 0.2) is 0 Å². The van der Waals surface area contributed by atoms with Gasteiger partial charge in [0.2, 0.25) is 0 Å². The van der Waals surface area contributed by atoms with E-state index in [4.69, 9.17) is 5.11 Å². The third-order valence-electron chi connectivity index (χ3n) is 2.00. The van der Waals surface area contributed by atoms with Crippen LogP contribution in [0.15, 0.2) is 6.20 Å². The lowest BCUT2D eigenvalue weighted by Crippen LogP contribution is -2.00. The van der Waals surface area contributed by atoms with Crippen LogP contribution in [0.2, 0.25) is 0 Å². The molecule has 3 nitrogen and oxygen atoms in total. The Kier molecular flexibility index (Phi) is 4.21. The minimum Gasteiger partial charge on any atom is -0.395 e. The van der Waals surface area contributed by atoms with Crippen LogP contribution in [0.4, 0.5) is 0 Å². The van der Waals surface area contributed by atoms with Crippen LogP contribution >= 0.6 is 0 Å². The fourth-order valence-corrected chi connectivity index (χ4v) is 1.22. The Balaban J connectivity index is 2.75. The molecule has 0 unspecified atom stereocenters. The van der Waals surface area contributed by atoms with E-state index in [-0.39, 0.29) is 6.61 Å². The van der Waals surface area contributed by atoms with E-state index in [0.717, 1.165) is 24.2 Å². The van der Waals surface area contributed by atoms with Gasteiger partial charge in [0.05, 0.1) is 24.1 Å². The monoisotopic (exact) mass is 192 g/mol. The second kappa shape index (κ2) is 5.46. The van der Waals surface area contributed by atoms with E-state index in [1.54, 1.807) is 6.20 Å². The lowest BCUT2D eigenvalue weighted by molar-refractivity contribution is 0.305. The molecule has 1 aromatic rings. The lowest BCUT2D eigenvalue weighted by Gasteiger charge is -2.00. The third-order valence-corrected chi connectivity index (χ3v) is 2.00. The number of rotatable bonds is 3. The summed E-state index contributed by atoms with van der Waals surface area (Å²) >= 11 is 0. The number of nitrogens with zero attached hydrogens (tertiary/aromatic N) is 2. The summed E-state index contributed by atoms with van der Waals surface area (Å²) in [6.07, 6.45) is 3.39. The van der Waals surface area contributed by atoms with Crippen molar-refractivity contribution in [1.82, 2.24) is 9.78 Å². The molecule has 0 aliphatic heterocycles. The normalized spacial score (nSPS) is 9.64. The lowest BCUT2D eigenvalue weighted by atomic mass is 10.2. The van der Waals surface area contributed by atoms with Crippen molar-refractivity contribution in [2.24, 2.45) is 0 Å². The molecule has 14 heavy (non-hydrogen) atoms. The predicted octanol–water partition coefficient (Wildman–Crippen LogP) is 1.34. The van der Waals surface area contributed by atoms with Crippen molar-refractivity contribution < 1.29 is 5.11 Å². The SMILES string of the molecule is CCCn1ncc(C#CCCO)c1C. The van der Waals surface area contributed by atoms with Gasteiger partial charge in [-0.05, 0) is 13.3 Å². The van der Waals surface area contributed by atoms with Crippen molar-refractivity contribution in [1.29, 1.82) is 0 Å². The van der Waals surface area contributed by atoms with E-state index < -0.39 is 0 Å². The summed E-state index contributed by atoms with van der Waals surface area (Å²) in [6, 6.07) is 0. The van der Waals surface area contributed by atoms with Crippen molar-refractivity contribution in [3.63, 3.8) is 0 Å². The molecule has 0 fully saturated rings. The molecule has 0 atom stereocenters. The number of aryl methyl sites for hydroxylation is 1. The van der Waals surface area contributed by atoms with Crippen LogP contribution in [0.25, 0.3) is 0 Å². The van der Waals surface area contributed by atoms with Crippen molar-refractivity contribution in [2.45, 2.75) is 33.2 Å². The Morgan fingerprint density at radius 1 is 1.57 bits per heavy atom. The van der Waals surface area contributed by atoms with Gasteiger partial charge in [0, 0.05) is 13.0 Å². The molecule has 1 N–H and O–H groups in total. The molecule has 0 aliphatic rings. The van der Waals surface area contributed by atoms with Gasteiger partial charge in [-0.3, -0.25) is 4.68 Å².